The molecule has 3 nitrogen and oxygen atoms in total. The zero-order valence-electron chi connectivity index (χ0n) is 15.2. The molecule has 0 fully saturated rings. The van der Waals surface area contributed by atoms with Crippen LogP contribution in [-0.2, 0) is 19.3 Å². The number of nitriles is 1. The Labute approximate surface area is 158 Å². The van der Waals surface area contributed by atoms with Gasteiger partial charge in [0.2, 0.25) is 0 Å². The van der Waals surface area contributed by atoms with Gasteiger partial charge in [0.15, 0.2) is 0 Å². The highest BCUT2D eigenvalue weighted by Gasteiger charge is 2.19. The van der Waals surface area contributed by atoms with Crippen molar-refractivity contribution in [2.45, 2.75) is 26.2 Å². The molecule has 0 spiro atoms. The number of carbonyl (C=O) groups is 1. The van der Waals surface area contributed by atoms with E-state index in [1.807, 2.05) is 24.3 Å². The Morgan fingerprint density at radius 2 is 1.63 bits per heavy atom. The van der Waals surface area contributed by atoms with Gasteiger partial charge in [0.1, 0.15) is 5.75 Å². The molecule has 3 heteroatoms. The van der Waals surface area contributed by atoms with E-state index in [1.165, 1.54) is 27.8 Å². The molecule has 1 aliphatic rings. The predicted octanol–water partition coefficient (Wildman–Crippen LogP) is 5.11. The van der Waals surface area contributed by atoms with Gasteiger partial charge in [0.25, 0.3) is 0 Å². The normalized spacial score (nSPS) is 11.9. The Balaban J connectivity index is 1.59. The monoisotopic (exact) mass is 353 g/mol. The van der Waals surface area contributed by atoms with Gasteiger partial charge in [-0.05, 0) is 83.5 Å². The molecule has 3 aromatic carbocycles. The summed E-state index contributed by atoms with van der Waals surface area (Å²) in [5, 5.41) is 8.84. The van der Waals surface area contributed by atoms with Crippen molar-refractivity contribution in [1.29, 1.82) is 5.26 Å². The standard InChI is InChI=1S/C24H19NO2/c1-2-16-5-11-22-18(13-16)6-7-19-14-20(8-12-23(19)22)24(26)27-21-9-3-17(15-25)4-10-21/h3-5,8-14H,2,6-7H2,1H3. The van der Waals surface area contributed by atoms with Crippen molar-refractivity contribution < 1.29 is 9.53 Å². The second kappa shape index (κ2) is 7.09. The summed E-state index contributed by atoms with van der Waals surface area (Å²) >= 11 is 0. The van der Waals surface area contributed by atoms with Crippen LogP contribution in [0.2, 0.25) is 0 Å². The van der Waals surface area contributed by atoms with Gasteiger partial charge in [-0.2, -0.15) is 5.26 Å². The first kappa shape index (κ1) is 17.1. The molecule has 0 heterocycles. The maximum atomic E-state index is 12.5. The molecule has 4 rings (SSSR count). The van der Waals surface area contributed by atoms with Gasteiger partial charge in [-0.15, -0.1) is 0 Å². The smallest absolute Gasteiger partial charge is 0.343 e. The number of nitrogens with zero attached hydrogens (tertiary/aromatic N) is 1. The fourth-order valence-corrected chi connectivity index (χ4v) is 3.56. The van der Waals surface area contributed by atoms with E-state index in [9.17, 15) is 4.79 Å². The highest BCUT2D eigenvalue weighted by Crippen LogP contribution is 2.34. The third kappa shape index (κ3) is 3.35. The van der Waals surface area contributed by atoms with Crippen LogP contribution in [0.15, 0.2) is 60.7 Å². The van der Waals surface area contributed by atoms with Gasteiger partial charge in [-0.3, -0.25) is 0 Å². The van der Waals surface area contributed by atoms with Crippen LogP contribution in [0.5, 0.6) is 5.75 Å². The van der Waals surface area contributed by atoms with Crippen molar-refractivity contribution in [3.05, 3.63) is 88.5 Å². The van der Waals surface area contributed by atoms with Crippen LogP contribution >= 0.6 is 0 Å². The Bertz CT molecular complexity index is 1060. The van der Waals surface area contributed by atoms with Crippen LogP contribution in [0.1, 0.15) is 39.5 Å². The van der Waals surface area contributed by atoms with Crippen molar-refractivity contribution in [1.82, 2.24) is 0 Å². The van der Waals surface area contributed by atoms with Gasteiger partial charge in [-0.1, -0.05) is 31.2 Å². The lowest BCUT2D eigenvalue weighted by atomic mass is 9.84. The zero-order valence-corrected chi connectivity index (χ0v) is 15.2. The molecule has 0 radical (unpaired) electrons. The second-order valence-corrected chi connectivity index (χ2v) is 6.74. The predicted molar refractivity (Wildman–Crippen MR) is 105 cm³/mol. The summed E-state index contributed by atoms with van der Waals surface area (Å²) in [7, 11) is 0. The van der Waals surface area contributed by atoms with E-state index in [0.29, 0.717) is 16.9 Å². The lowest BCUT2D eigenvalue weighted by Gasteiger charge is -2.21. The second-order valence-electron chi connectivity index (χ2n) is 6.74. The van der Waals surface area contributed by atoms with E-state index in [1.54, 1.807) is 24.3 Å². The summed E-state index contributed by atoms with van der Waals surface area (Å²) in [6.07, 6.45) is 2.96. The number of esters is 1. The molecule has 27 heavy (non-hydrogen) atoms. The Kier molecular flexibility index (Phi) is 4.48. The largest absolute Gasteiger partial charge is 0.423 e. The Morgan fingerprint density at radius 3 is 2.30 bits per heavy atom. The molecular formula is C24H19NO2. The summed E-state index contributed by atoms with van der Waals surface area (Å²) in [4.78, 5) is 12.5. The van der Waals surface area contributed by atoms with Gasteiger partial charge >= 0.3 is 5.97 Å². The SMILES string of the molecule is CCc1ccc2c(c1)CCc1cc(C(=O)Oc3ccc(C#N)cc3)ccc1-2. The van der Waals surface area contributed by atoms with Crippen molar-refractivity contribution in [2.75, 3.05) is 0 Å². The summed E-state index contributed by atoms with van der Waals surface area (Å²) in [5.74, 6) is 0.0591. The number of benzene rings is 3. The van der Waals surface area contributed by atoms with Gasteiger partial charge < -0.3 is 4.74 Å². The molecule has 0 unspecified atom stereocenters. The maximum absolute atomic E-state index is 12.5. The number of hydrogen-bond acceptors (Lipinski definition) is 3. The fourth-order valence-electron chi connectivity index (χ4n) is 3.56. The third-order valence-corrected chi connectivity index (χ3v) is 5.07. The van der Waals surface area contributed by atoms with Crippen molar-refractivity contribution in [3.8, 4) is 22.9 Å². The molecule has 0 aromatic heterocycles. The Morgan fingerprint density at radius 1 is 0.963 bits per heavy atom. The lowest BCUT2D eigenvalue weighted by molar-refractivity contribution is 0.0734. The first-order valence-corrected chi connectivity index (χ1v) is 9.15. The van der Waals surface area contributed by atoms with E-state index in [4.69, 9.17) is 10.00 Å². The lowest BCUT2D eigenvalue weighted by Crippen LogP contribution is -2.11. The van der Waals surface area contributed by atoms with Gasteiger partial charge in [-0.25, -0.2) is 4.79 Å². The molecule has 0 saturated carbocycles. The van der Waals surface area contributed by atoms with Crippen molar-refractivity contribution in [2.24, 2.45) is 0 Å². The Hall–Kier alpha value is -3.38. The number of rotatable bonds is 3. The van der Waals surface area contributed by atoms with E-state index in [-0.39, 0.29) is 5.97 Å². The van der Waals surface area contributed by atoms with Crippen molar-refractivity contribution in [3.63, 3.8) is 0 Å². The minimum atomic E-state index is -0.380. The molecule has 0 atom stereocenters. The number of aryl methyl sites for hydroxylation is 3. The molecule has 0 saturated heterocycles. The van der Waals surface area contributed by atoms with Crippen LogP contribution in [-0.4, -0.2) is 5.97 Å². The quantitative estimate of drug-likeness (QED) is 0.486. The fraction of sp³-hybridized carbons (Fsp3) is 0.167. The van der Waals surface area contributed by atoms with Crippen LogP contribution in [0.3, 0.4) is 0 Å². The average Bonchev–Trinajstić information content (AvgIpc) is 2.73. The van der Waals surface area contributed by atoms with Crippen molar-refractivity contribution >= 4 is 5.97 Å². The first-order valence-electron chi connectivity index (χ1n) is 9.15. The zero-order chi connectivity index (χ0) is 18.8. The number of fused-ring (bicyclic) bond motifs is 3. The average molecular weight is 353 g/mol. The van der Waals surface area contributed by atoms with Crippen LogP contribution in [0, 0.1) is 11.3 Å². The van der Waals surface area contributed by atoms with Gasteiger partial charge in [0.05, 0.1) is 17.2 Å². The molecule has 1 aliphatic carbocycles. The highest BCUT2D eigenvalue weighted by atomic mass is 16.5. The minimum Gasteiger partial charge on any atom is -0.423 e. The summed E-state index contributed by atoms with van der Waals surface area (Å²) in [6, 6.07) is 21.1. The van der Waals surface area contributed by atoms with Crippen LogP contribution in [0.25, 0.3) is 11.1 Å². The van der Waals surface area contributed by atoms with E-state index in [0.717, 1.165) is 19.3 Å². The number of carbonyl (C=O) groups excluding carboxylic acids is 1. The number of hydrogen-bond donors (Lipinski definition) is 0. The number of ether oxygens (including phenoxy) is 1. The summed E-state index contributed by atoms with van der Waals surface area (Å²) < 4.78 is 5.44. The first-order chi connectivity index (χ1) is 13.2. The maximum Gasteiger partial charge on any atom is 0.343 e. The topological polar surface area (TPSA) is 50.1 Å². The molecule has 0 N–H and O–H groups in total. The highest BCUT2D eigenvalue weighted by molar-refractivity contribution is 5.92. The molecule has 3 aromatic rings. The van der Waals surface area contributed by atoms with Crippen LogP contribution < -0.4 is 4.74 Å². The van der Waals surface area contributed by atoms with Crippen LogP contribution in [0.4, 0.5) is 0 Å². The van der Waals surface area contributed by atoms with E-state index < -0.39 is 0 Å². The summed E-state index contributed by atoms with van der Waals surface area (Å²) in [6.45, 7) is 2.17. The molecule has 0 aliphatic heterocycles. The third-order valence-electron chi connectivity index (χ3n) is 5.07. The van der Waals surface area contributed by atoms with E-state index in [2.05, 4.69) is 25.1 Å². The molecule has 132 valence electrons. The van der Waals surface area contributed by atoms with E-state index >= 15 is 0 Å². The molecule has 0 amide bonds. The minimum absolute atomic E-state index is 0.380. The van der Waals surface area contributed by atoms with Gasteiger partial charge in [0, 0.05) is 0 Å². The molecule has 0 bridgehead atoms. The summed E-state index contributed by atoms with van der Waals surface area (Å²) in [5.41, 5.74) is 7.48. The molecular weight excluding hydrogens is 334 g/mol.